The summed E-state index contributed by atoms with van der Waals surface area (Å²) in [4.78, 5) is 43.6. The molecule has 2 aromatic rings. The number of amides is 3. The first-order valence-corrected chi connectivity index (χ1v) is 13.3. The summed E-state index contributed by atoms with van der Waals surface area (Å²) < 4.78 is 29.4. The van der Waals surface area contributed by atoms with Crippen LogP contribution < -0.4 is 15.4 Å². The van der Waals surface area contributed by atoms with E-state index in [1.54, 1.807) is 4.90 Å². The van der Waals surface area contributed by atoms with Crippen molar-refractivity contribution in [3.05, 3.63) is 28.9 Å². The molecule has 0 unspecified atom stereocenters. The highest BCUT2D eigenvalue weighted by atomic mass is 32.2. The number of anilines is 1. The van der Waals surface area contributed by atoms with Crippen molar-refractivity contribution in [3.63, 3.8) is 0 Å². The van der Waals surface area contributed by atoms with E-state index in [1.807, 2.05) is 6.92 Å². The Labute approximate surface area is 196 Å². The maximum atomic E-state index is 12.4. The van der Waals surface area contributed by atoms with Crippen LogP contribution in [0, 0.1) is 0 Å². The molecular formula is C20H27N5O6S2. The number of likely N-dealkylation sites (tertiary alicyclic amines) is 1. The lowest BCUT2D eigenvalue weighted by atomic mass is 10.1. The van der Waals surface area contributed by atoms with E-state index >= 15 is 0 Å². The average Bonchev–Trinajstić information content (AvgIpc) is 3.41. The van der Waals surface area contributed by atoms with Crippen molar-refractivity contribution in [3.8, 4) is 5.88 Å². The second kappa shape index (κ2) is 10.8. The third-order valence-corrected chi connectivity index (χ3v) is 6.91. The molecule has 33 heavy (non-hydrogen) atoms. The summed E-state index contributed by atoms with van der Waals surface area (Å²) in [6.07, 6.45) is 7.44. The minimum Gasteiger partial charge on any atom is -0.390 e. The molecule has 0 spiro atoms. The van der Waals surface area contributed by atoms with Crippen LogP contribution >= 0.6 is 11.3 Å². The molecule has 180 valence electrons. The summed E-state index contributed by atoms with van der Waals surface area (Å²) in [6, 6.07) is 1.34. The van der Waals surface area contributed by atoms with Gasteiger partial charge in [-0.2, -0.15) is 4.98 Å². The van der Waals surface area contributed by atoms with Crippen LogP contribution in [0.15, 0.2) is 18.5 Å². The zero-order valence-corrected chi connectivity index (χ0v) is 20.1. The Hall–Kier alpha value is -2.93. The number of hydrogen-bond donors (Lipinski definition) is 2. The maximum absolute atomic E-state index is 12.4. The Morgan fingerprint density at radius 1 is 1.21 bits per heavy atom. The van der Waals surface area contributed by atoms with Crippen molar-refractivity contribution in [1.82, 2.24) is 19.2 Å². The second-order valence-corrected chi connectivity index (χ2v) is 10.6. The second-order valence-electron chi connectivity index (χ2n) is 7.64. The molecule has 0 aliphatic carbocycles. The van der Waals surface area contributed by atoms with Gasteiger partial charge in [-0.3, -0.25) is 13.6 Å². The molecular weight excluding hydrogens is 470 g/mol. The molecule has 3 amide bonds. The van der Waals surface area contributed by atoms with E-state index in [0.717, 1.165) is 40.8 Å². The molecule has 1 aliphatic heterocycles. The topological polar surface area (TPSA) is 140 Å². The molecule has 0 aromatic carbocycles. The van der Waals surface area contributed by atoms with E-state index in [1.165, 1.54) is 29.8 Å². The third-order valence-electron chi connectivity index (χ3n) is 4.91. The molecule has 0 atom stereocenters. The number of piperidine rings is 1. The van der Waals surface area contributed by atoms with Gasteiger partial charge in [0.2, 0.25) is 21.8 Å². The quantitative estimate of drug-likeness (QED) is 0.569. The lowest BCUT2D eigenvalue weighted by molar-refractivity contribution is -0.115. The third kappa shape index (κ3) is 6.78. The Morgan fingerprint density at radius 2 is 1.94 bits per heavy atom. The smallest absolute Gasteiger partial charge is 0.390 e. The van der Waals surface area contributed by atoms with Crippen LogP contribution in [0.4, 0.5) is 9.93 Å². The van der Waals surface area contributed by atoms with Gasteiger partial charge in [-0.05, 0) is 31.7 Å². The summed E-state index contributed by atoms with van der Waals surface area (Å²) in [5.74, 6) is -0.912. The zero-order chi connectivity index (χ0) is 24.0. The van der Waals surface area contributed by atoms with Crippen LogP contribution in [-0.4, -0.2) is 66.1 Å². The van der Waals surface area contributed by atoms with Gasteiger partial charge in [-0.15, -0.1) is 0 Å². The maximum Gasteiger partial charge on any atom is 0.416 e. The number of nitrogens with one attached hydrogen (secondary N) is 2. The van der Waals surface area contributed by atoms with Crippen LogP contribution in [0.1, 0.15) is 47.8 Å². The normalized spacial score (nSPS) is 14.1. The van der Waals surface area contributed by atoms with E-state index in [4.69, 9.17) is 4.74 Å². The predicted molar refractivity (Wildman–Crippen MR) is 123 cm³/mol. The lowest BCUT2D eigenvalue weighted by Gasteiger charge is -2.25. The van der Waals surface area contributed by atoms with Gasteiger partial charge in [-0.1, -0.05) is 24.7 Å². The van der Waals surface area contributed by atoms with Crippen LogP contribution in [-0.2, 0) is 21.2 Å². The summed E-state index contributed by atoms with van der Waals surface area (Å²) in [7, 11) is -3.50. The van der Waals surface area contributed by atoms with E-state index < -0.39 is 27.9 Å². The molecule has 13 heteroatoms. The summed E-state index contributed by atoms with van der Waals surface area (Å²) in [6.45, 7) is 2.96. The molecule has 0 radical (unpaired) electrons. The highest BCUT2D eigenvalue weighted by Crippen LogP contribution is 2.31. The van der Waals surface area contributed by atoms with Crippen LogP contribution in [0.25, 0.3) is 0 Å². The zero-order valence-electron chi connectivity index (χ0n) is 18.5. The molecule has 2 N–H and O–H groups in total. The SMILES string of the molecule is CCCc1sc(NC(=O)CNC(=O)c2ccn(S(C)(=O)=O)c2)nc1OC(=O)N1CCCCC1. The fraction of sp³-hybridized carbons (Fsp3) is 0.500. The number of nitrogens with zero attached hydrogens (tertiary/aromatic N) is 3. The number of rotatable bonds is 8. The van der Waals surface area contributed by atoms with E-state index in [0.29, 0.717) is 19.5 Å². The van der Waals surface area contributed by atoms with Gasteiger partial charge >= 0.3 is 6.09 Å². The predicted octanol–water partition coefficient (Wildman–Crippen LogP) is 2.06. The molecule has 11 nitrogen and oxygen atoms in total. The summed E-state index contributed by atoms with van der Waals surface area (Å²) >= 11 is 1.22. The number of thiazole rings is 1. The molecule has 1 aliphatic rings. The van der Waals surface area contributed by atoms with Crippen molar-refractivity contribution in [2.75, 3.05) is 31.2 Å². The Balaban J connectivity index is 1.57. The monoisotopic (exact) mass is 497 g/mol. The summed E-state index contributed by atoms with van der Waals surface area (Å²) in [5, 5.41) is 5.30. The first-order chi connectivity index (χ1) is 15.7. The van der Waals surface area contributed by atoms with Gasteiger partial charge in [0.15, 0.2) is 5.13 Å². The first kappa shape index (κ1) is 24.7. The van der Waals surface area contributed by atoms with Gasteiger partial charge in [0.05, 0.1) is 23.2 Å². The van der Waals surface area contributed by atoms with Crippen molar-refractivity contribution < 1.29 is 27.5 Å². The van der Waals surface area contributed by atoms with Crippen molar-refractivity contribution in [2.45, 2.75) is 39.0 Å². The van der Waals surface area contributed by atoms with Gasteiger partial charge in [0, 0.05) is 25.5 Å². The van der Waals surface area contributed by atoms with E-state index in [-0.39, 0.29) is 23.1 Å². The van der Waals surface area contributed by atoms with Crippen molar-refractivity contribution >= 4 is 44.4 Å². The van der Waals surface area contributed by atoms with Gasteiger partial charge in [-0.25, -0.2) is 13.2 Å². The highest BCUT2D eigenvalue weighted by Gasteiger charge is 2.22. The molecule has 0 saturated carbocycles. The fourth-order valence-corrected chi connectivity index (χ4v) is 4.82. The van der Waals surface area contributed by atoms with E-state index in [2.05, 4.69) is 15.6 Å². The van der Waals surface area contributed by atoms with Gasteiger partial charge < -0.3 is 20.3 Å². The molecule has 1 saturated heterocycles. The number of carbonyl (C=O) groups is 3. The number of ether oxygens (including phenoxy) is 1. The minimum atomic E-state index is -3.50. The number of aromatic nitrogens is 2. The average molecular weight is 498 g/mol. The number of hydrogen-bond acceptors (Lipinski definition) is 8. The van der Waals surface area contributed by atoms with Crippen molar-refractivity contribution in [1.29, 1.82) is 0 Å². The Morgan fingerprint density at radius 3 is 2.58 bits per heavy atom. The van der Waals surface area contributed by atoms with Crippen molar-refractivity contribution in [2.24, 2.45) is 0 Å². The number of carbonyl (C=O) groups excluding carboxylic acids is 3. The number of aryl methyl sites for hydroxylation is 1. The molecule has 1 fully saturated rings. The van der Waals surface area contributed by atoms with Gasteiger partial charge in [0.25, 0.3) is 5.91 Å². The fourth-order valence-electron chi connectivity index (χ4n) is 3.22. The Bertz CT molecular complexity index is 1120. The lowest BCUT2D eigenvalue weighted by Crippen LogP contribution is -2.37. The standard InChI is InChI=1S/C20H27N5O6S2/c1-3-7-15-18(31-20(28)24-9-5-4-6-10-24)23-19(32-15)22-16(26)12-21-17(27)14-8-11-25(13-14)33(2,29)30/h8,11,13H,3-7,9-10,12H2,1-2H3,(H,21,27)(H,22,23,26). The highest BCUT2D eigenvalue weighted by molar-refractivity contribution is 7.89. The first-order valence-electron chi connectivity index (χ1n) is 10.6. The van der Waals surface area contributed by atoms with Crippen LogP contribution in [0.5, 0.6) is 5.88 Å². The van der Waals surface area contributed by atoms with Crippen LogP contribution in [0.3, 0.4) is 0 Å². The largest absolute Gasteiger partial charge is 0.416 e. The molecule has 2 aromatic heterocycles. The van der Waals surface area contributed by atoms with E-state index in [9.17, 15) is 22.8 Å². The molecule has 0 bridgehead atoms. The summed E-state index contributed by atoms with van der Waals surface area (Å²) in [5.41, 5.74) is 0.111. The van der Waals surface area contributed by atoms with Crippen LogP contribution in [0.2, 0.25) is 0 Å². The van der Waals surface area contributed by atoms with Gasteiger partial charge in [0.1, 0.15) is 0 Å². The Kier molecular flexibility index (Phi) is 8.08. The minimum absolute atomic E-state index is 0.111. The molecule has 3 heterocycles. The molecule has 3 rings (SSSR count).